The number of nitrogens with zero attached hydrogens (tertiary/aromatic N) is 2. The van der Waals surface area contributed by atoms with Crippen molar-refractivity contribution in [2.45, 2.75) is 54.0 Å². The van der Waals surface area contributed by atoms with Gasteiger partial charge < -0.3 is 9.47 Å². The Labute approximate surface area is 294 Å². The highest BCUT2D eigenvalue weighted by molar-refractivity contribution is 5.90. The highest BCUT2D eigenvalue weighted by Crippen LogP contribution is 2.21. The molecule has 50 heavy (non-hydrogen) atoms. The van der Waals surface area contributed by atoms with E-state index in [-0.39, 0.29) is 25.2 Å². The van der Waals surface area contributed by atoms with Gasteiger partial charge in [-0.1, -0.05) is 82.9 Å². The topological polar surface area (TPSA) is 60.4 Å². The Kier molecular flexibility index (Phi) is 10.6. The maximum Gasteiger partial charge on any atom is 0.338 e. The molecule has 0 N–H and O–H groups in total. The third-order valence-corrected chi connectivity index (χ3v) is 8.63. The highest BCUT2D eigenvalue weighted by atomic mass is 16.5. The Hall–Kier alpha value is -5.88. The van der Waals surface area contributed by atoms with Crippen molar-refractivity contribution in [2.24, 2.45) is 0 Å². The minimum absolute atomic E-state index is 0.236. The van der Waals surface area contributed by atoms with E-state index in [2.05, 4.69) is 82.5 Å². The molecule has 0 fully saturated rings. The lowest BCUT2D eigenvalue weighted by molar-refractivity contribution is -0.778. The summed E-state index contributed by atoms with van der Waals surface area (Å²) in [4.78, 5) is 25.0. The second-order valence-corrected chi connectivity index (χ2v) is 12.9. The molecule has 0 saturated carbocycles. The van der Waals surface area contributed by atoms with Crippen LogP contribution in [0.3, 0.4) is 0 Å². The number of ether oxygens (including phenoxy) is 2. The first kappa shape index (κ1) is 34.0. The van der Waals surface area contributed by atoms with Crippen molar-refractivity contribution in [1.29, 1.82) is 0 Å². The van der Waals surface area contributed by atoms with E-state index in [0.29, 0.717) is 11.1 Å². The maximum absolute atomic E-state index is 12.5. The molecule has 0 aliphatic carbocycles. The zero-order valence-electron chi connectivity index (χ0n) is 29.1. The summed E-state index contributed by atoms with van der Waals surface area (Å²) in [5.41, 5.74) is 11.7. The Morgan fingerprint density at radius 3 is 1.06 bits per heavy atom. The number of rotatable bonds is 11. The lowest BCUT2D eigenvalue weighted by Crippen LogP contribution is -2.43. The SMILES string of the molecule is Cc1cc(C)cc(C(=O)OCc2ccc(-c3cc[n+](CC[n+]4ccc(-c5ccc(COC(=O)c6cc(C)cc(C)c6)cc5)cc4)cc3)cc2)c1. The zero-order valence-corrected chi connectivity index (χ0v) is 29.1. The van der Waals surface area contributed by atoms with E-state index in [9.17, 15) is 9.59 Å². The number of esters is 2. The molecule has 0 atom stereocenters. The van der Waals surface area contributed by atoms with Crippen LogP contribution >= 0.6 is 0 Å². The second kappa shape index (κ2) is 15.6. The van der Waals surface area contributed by atoms with Gasteiger partial charge in [0, 0.05) is 24.3 Å². The molecule has 2 heterocycles. The third kappa shape index (κ3) is 8.97. The molecule has 0 aliphatic rings. The summed E-state index contributed by atoms with van der Waals surface area (Å²) >= 11 is 0. The summed E-state index contributed by atoms with van der Waals surface area (Å²) in [6.45, 7) is 10.1. The number of aryl methyl sites for hydroxylation is 6. The second-order valence-electron chi connectivity index (χ2n) is 12.9. The number of carbonyl (C=O) groups is 2. The van der Waals surface area contributed by atoms with Crippen molar-refractivity contribution in [1.82, 2.24) is 0 Å². The number of benzene rings is 4. The monoisotopic (exact) mass is 662 g/mol. The van der Waals surface area contributed by atoms with E-state index in [1.54, 1.807) is 0 Å². The maximum atomic E-state index is 12.5. The number of hydrogen-bond acceptors (Lipinski definition) is 4. The molecular weight excluding hydrogens is 620 g/mol. The van der Waals surface area contributed by atoms with Crippen LogP contribution < -0.4 is 9.13 Å². The smallest absolute Gasteiger partial charge is 0.338 e. The molecule has 0 amide bonds. The average molecular weight is 663 g/mol. The van der Waals surface area contributed by atoms with Gasteiger partial charge in [-0.05, 0) is 85.3 Å². The lowest BCUT2D eigenvalue weighted by Gasteiger charge is -2.08. The lowest BCUT2D eigenvalue weighted by atomic mass is 10.1. The van der Waals surface area contributed by atoms with E-state index in [1.807, 2.05) is 88.4 Å². The van der Waals surface area contributed by atoms with Crippen LogP contribution in [-0.2, 0) is 35.8 Å². The Balaban J connectivity index is 0.965. The van der Waals surface area contributed by atoms with Gasteiger partial charge in [-0.3, -0.25) is 0 Å². The Morgan fingerprint density at radius 1 is 0.440 bits per heavy atom. The van der Waals surface area contributed by atoms with E-state index >= 15 is 0 Å². The molecule has 0 bridgehead atoms. The van der Waals surface area contributed by atoms with Gasteiger partial charge in [0.25, 0.3) is 0 Å². The van der Waals surface area contributed by atoms with Crippen molar-refractivity contribution < 1.29 is 28.2 Å². The highest BCUT2D eigenvalue weighted by Gasteiger charge is 2.12. The van der Waals surface area contributed by atoms with Gasteiger partial charge in [0.15, 0.2) is 24.8 Å². The van der Waals surface area contributed by atoms with Crippen LogP contribution in [0.25, 0.3) is 22.3 Å². The average Bonchev–Trinajstić information content (AvgIpc) is 3.12. The van der Waals surface area contributed by atoms with Crippen LogP contribution in [0.4, 0.5) is 0 Å². The van der Waals surface area contributed by atoms with Crippen molar-refractivity contribution in [3.05, 3.63) is 178 Å². The van der Waals surface area contributed by atoms with E-state index < -0.39 is 0 Å². The third-order valence-electron chi connectivity index (χ3n) is 8.63. The molecule has 0 unspecified atom stereocenters. The van der Waals surface area contributed by atoms with E-state index in [0.717, 1.165) is 68.7 Å². The van der Waals surface area contributed by atoms with Gasteiger partial charge in [0.05, 0.1) is 11.1 Å². The quantitative estimate of drug-likeness (QED) is 0.104. The first-order valence-electron chi connectivity index (χ1n) is 16.9. The Morgan fingerprint density at radius 2 is 0.740 bits per heavy atom. The van der Waals surface area contributed by atoms with E-state index in [4.69, 9.17) is 9.47 Å². The molecule has 0 spiro atoms. The summed E-state index contributed by atoms with van der Waals surface area (Å²) < 4.78 is 15.5. The van der Waals surface area contributed by atoms with Crippen LogP contribution in [0.15, 0.2) is 134 Å². The normalized spacial score (nSPS) is 10.9. The fourth-order valence-electron chi connectivity index (χ4n) is 6.06. The summed E-state index contributed by atoms with van der Waals surface area (Å²) in [6, 6.07) is 36.3. The van der Waals surface area contributed by atoms with Crippen molar-refractivity contribution >= 4 is 11.9 Å². The molecule has 0 radical (unpaired) electrons. The molecule has 4 aromatic carbocycles. The predicted molar refractivity (Wildman–Crippen MR) is 194 cm³/mol. The summed E-state index contributed by atoms with van der Waals surface area (Å²) in [5.74, 6) is -0.612. The molecule has 250 valence electrons. The van der Waals surface area contributed by atoms with Gasteiger partial charge in [-0.25, -0.2) is 9.59 Å². The molecule has 0 aliphatic heterocycles. The molecule has 6 aromatic rings. The minimum Gasteiger partial charge on any atom is -0.457 e. The minimum atomic E-state index is -0.306. The van der Waals surface area contributed by atoms with Gasteiger partial charge in [-0.2, -0.15) is 9.13 Å². The Bertz CT molecular complexity index is 1910. The first-order valence-corrected chi connectivity index (χ1v) is 16.9. The van der Waals surface area contributed by atoms with Crippen LogP contribution in [0.2, 0.25) is 0 Å². The molecule has 0 saturated heterocycles. The zero-order chi connectivity index (χ0) is 35.0. The van der Waals surface area contributed by atoms with Gasteiger partial charge >= 0.3 is 11.9 Å². The summed E-state index contributed by atoms with van der Waals surface area (Å²) in [7, 11) is 0. The summed E-state index contributed by atoms with van der Waals surface area (Å²) in [6.07, 6.45) is 8.41. The van der Waals surface area contributed by atoms with Crippen LogP contribution in [0.1, 0.15) is 54.1 Å². The standard InChI is InChI=1S/C44H42N2O4/c1-31-23-32(2)26-41(25-31)43(47)49-29-35-5-9-37(10-6-35)39-13-17-45(18-14-39)21-22-46-19-15-40(16-20-46)38-11-7-36(8-12-38)30-50-44(48)42-27-33(3)24-34(4)28-42/h5-20,23-28H,21-22,29-30H2,1-4H3/q+2. The van der Waals surface area contributed by atoms with Crippen LogP contribution in [0, 0.1) is 27.7 Å². The van der Waals surface area contributed by atoms with Crippen molar-refractivity contribution in [2.75, 3.05) is 0 Å². The number of hydrogen-bond donors (Lipinski definition) is 0. The largest absolute Gasteiger partial charge is 0.457 e. The van der Waals surface area contributed by atoms with Crippen molar-refractivity contribution in [3.8, 4) is 22.3 Å². The molecule has 6 nitrogen and oxygen atoms in total. The van der Waals surface area contributed by atoms with E-state index in [1.165, 1.54) is 0 Å². The predicted octanol–water partition coefficient (Wildman–Crippen LogP) is 8.24. The van der Waals surface area contributed by atoms with Crippen LogP contribution in [-0.4, -0.2) is 11.9 Å². The van der Waals surface area contributed by atoms with Gasteiger partial charge in [-0.15, -0.1) is 0 Å². The molecular formula is C44H42N2O4+2. The number of carbonyl (C=O) groups excluding carboxylic acids is 2. The molecule has 6 rings (SSSR count). The fraction of sp³-hybridized carbons (Fsp3) is 0.182. The first-order chi connectivity index (χ1) is 24.2. The number of pyridine rings is 2. The van der Waals surface area contributed by atoms with Gasteiger partial charge in [0.1, 0.15) is 13.2 Å². The van der Waals surface area contributed by atoms with Gasteiger partial charge in [0.2, 0.25) is 13.1 Å². The fourth-order valence-corrected chi connectivity index (χ4v) is 6.06. The summed E-state index contributed by atoms with van der Waals surface area (Å²) in [5, 5.41) is 0. The van der Waals surface area contributed by atoms with Crippen molar-refractivity contribution in [3.63, 3.8) is 0 Å². The molecule has 2 aromatic heterocycles. The number of aromatic nitrogens is 2. The van der Waals surface area contributed by atoms with Crippen LogP contribution in [0.5, 0.6) is 0 Å². The molecule has 6 heteroatoms.